The molecular weight excluding hydrogens is 307 g/mol. The zero-order valence-electron chi connectivity index (χ0n) is 13.1. The number of carbonyl (C=O) groups is 1. The van der Waals surface area contributed by atoms with E-state index in [0.717, 1.165) is 25.8 Å². The van der Waals surface area contributed by atoms with E-state index in [1.165, 1.54) is 19.2 Å². The van der Waals surface area contributed by atoms with Gasteiger partial charge in [-0.1, -0.05) is 0 Å². The molecule has 1 aliphatic rings. The van der Waals surface area contributed by atoms with Gasteiger partial charge in [-0.2, -0.15) is 0 Å². The molecule has 0 saturated carbocycles. The van der Waals surface area contributed by atoms with Crippen molar-refractivity contribution in [2.24, 2.45) is 5.92 Å². The molecule has 0 atom stereocenters. The molecule has 1 fully saturated rings. The molecule has 0 unspecified atom stereocenters. The van der Waals surface area contributed by atoms with Crippen molar-refractivity contribution in [3.8, 4) is 5.75 Å². The van der Waals surface area contributed by atoms with Crippen molar-refractivity contribution in [3.05, 3.63) is 29.6 Å². The molecule has 1 amide bonds. The summed E-state index contributed by atoms with van der Waals surface area (Å²) < 4.78 is 18.9. The van der Waals surface area contributed by atoms with Crippen molar-refractivity contribution in [2.45, 2.75) is 19.3 Å². The van der Waals surface area contributed by atoms with Gasteiger partial charge in [0.25, 0.3) is 5.91 Å². The molecule has 0 radical (unpaired) electrons. The van der Waals surface area contributed by atoms with Gasteiger partial charge in [0.15, 0.2) is 0 Å². The number of benzene rings is 1. The maximum atomic E-state index is 13.9. The number of nitrogens with one attached hydrogen (secondary N) is 1. The SMILES string of the molecule is CNCCC1CCN(C(=O)c2ccc(OC)cc2F)CC1.Cl. The Bertz CT molecular complexity index is 491. The average Bonchev–Trinajstić information content (AvgIpc) is 2.52. The molecule has 1 N–H and O–H groups in total. The molecule has 0 bridgehead atoms. The Hall–Kier alpha value is -1.33. The topological polar surface area (TPSA) is 41.6 Å². The van der Waals surface area contributed by atoms with Gasteiger partial charge in [0.1, 0.15) is 11.6 Å². The van der Waals surface area contributed by atoms with Crippen LogP contribution in [0.4, 0.5) is 4.39 Å². The number of methoxy groups -OCH3 is 1. The predicted molar refractivity (Wildman–Crippen MR) is 87.4 cm³/mol. The lowest BCUT2D eigenvalue weighted by atomic mass is 9.93. The van der Waals surface area contributed by atoms with Crippen LogP contribution in [0.25, 0.3) is 0 Å². The first-order valence-electron chi connectivity index (χ1n) is 7.43. The molecule has 22 heavy (non-hydrogen) atoms. The molecule has 0 aromatic heterocycles. The van der Waals surface area contributed by atoms with Crippen LogP contribution in [-0.4, -0.2) is 44.6 Å². The van der Waals surface area contributed by atoms with Crippen LogP contribution in [-0.2, 0) is 0 Å². The maximum absolute atomic E-state index is 13.9. The van der Waals surface area contributed by atoms with Gasteiger partial charge in [0.2, 0.25) is 0 Å². The van der Waals surface area contributed by atoms with Crippen LogP contribution in [0.2, 0.25) is 0 Å². The van der Waals surface area contributed by atoms with Crippen LogP contribution in [0.5, 0.6) is 5.75 Å². The first kappa shape index (κ1) is 18.7. The lowest BCUT2D eigenvalue weighted by Gasteiger charge is -2.32. The summed E-state index contributed by atoms with van der Waals surface area (Å²) in [7, 11) is 3.43. The fourth-order valence-corrected chi connectivity index (χ4v) is 2.74. The second-order valence-electron chi connectivity index (χ2n) is 5.47. The molecule has 1 saturated heterocycles. The average molecular weight is 331 g/mol. The molecule has 2 rings (SSSR count). The van der Waals surface area contributed by atoms with Crippen molar-refractivity contribution in [3.63, 3.8) is 0 Å². The monoisotopic (exact) mass is 330 g/mol. The third kappa shape index (κ3) is 4.58. The van der Waals surface area contributed by atoms with Crippen LogP contribution in [0.3, 0.4) is 0 Å². The van der Waals surface area contributed by atoms with Crippen molar-refractivity contribution in [1.82, 2.24) is 10.2 Å². The van der Waals surface area contributed by atoms with Gasteiger partial charge in [0, 0.05) is 19.2 Å². The highest BCUT2D eigenvalue weighted by molar-refractivity contribution is 5.94. The summed E-state index contributed by atoms with van der Waals surface area (Å²) in [5, 5.41) is 3.15. The zero-order chi connectivity index (χ0) is 15.2. The lowest BCUT2D eigenvalue weighted by Crippen LogP contribution is -2.39. The van der Waals surface area contributed by atoms with E-state index in [1.807, 2.05) is 7.05 Å². The van der Waals surface area contributed by atoms with E-state index in [1.54, 1.807) is 11.0 Å². The van der Waals surface area contributed by atoms with Gasteiger partial charge in [0.05, 0.1) is 12.7 Å². The standard InChI is InChI=1S/C16H23FN2O2.ClH/c1-18-8-5-12-6-9-19(10-7-12)16(20)14-4-3-13(21-2)11-15(14)17;/h3-4,11-12,18H,5-10H2,1-2H3;1H. The number of hydrogen-bond acceptors (Lipinski definition) is 3. The van der Waals surface area contributed by atoms with E-state index in [9.17, 15) is 9.18 Å². The number of nitrogens with zero attached hydrogens (tertiary/aromatic N) is 1. The highest BCUT2D eigenvalue weighted by atomic mass is 35.5. The molecule has 0 aliphatic carbocycles. The number of likely N-dealkylation sites (tertiary alicyclic amines) is 1. The second kappa shape index (κ2) is 8.96. The van der Waals surface area contributed by atoms with E-state index < -0.39 is 5.82 Å². The molecule has 4 nitrogen and oxygen atoms in total. The largest absolute Gasteiger partial charge is 0.497 e. The molecule has 6 heteroatoms. The molecule has 1 aromatic rings. The van der Waals surface area contributed by atoms with Gasteiger partial charge in [-0.15, -0.1) is 12.4 Å². The first-order valence-corrected chi connectivity index (χ1v) is 7.43. The van der Waals surface area contributed by atoms with Crippen molar-refractivity contribution < 1.29 is 13.9 Å². The summed E-state index contributed by atoms with van der Waals surface area (Å²) in [6.45, 7) is 2.42. The molecule has 1 aromatic carbocycles. The Labute approximate surface area is 137 Å². The molecule has 1 heterocycles. The smallest absolute Gasteiger partial charge is 0.256 e. The minimum absolute atomic E-state index is 0. The Morgan fingerprint density at radius 2 is 2.09 bits per heavy atom. The number of piperidine rings is 1. The minimum atomic E-state index is -0.517. The van der Waals surface area contributed by atoms with Gasteiger partial charge < -0.3 is 15.0 Å². The van der Waals surface area contributed by atoms with E-state index >= 15 is 0 Å². The van der Waals surface area contributed by atoms with E-state index in [2.05, 4.69) is 5.32 Å². The third-order valence-electron chi connectivity index (χ3n) is 4.11. The third-order valence-corrected chi connectivity index (χ3v) is 4.11. The first-order chi connectivity index (χ1) is 10.2. The summed E-state index contributed by atoms with van der Waals surface area (Å²) in [5.41, 5.74) is 0.129. The van der Waals surface area contributed by atoms with Gasteiger partial charge in [-0.3, -0.25) is 4.79 Å². The molecule has 124 valence electrons. The summed E-state index contributed by atoms with van der Waals surface area (Å²) >= 11 is 0. The number of rotatable bonds is 5. The van der Waals surface area contributed by atoms with E-state index in [-0.39, 0.29) is 23.9 Å². The predicted octanol–water partition coefficient (Wildman–Crippen LogP) is 2.72. The fourth-order valence-electron chi connectivity index (χ4n) is 2.74. The molecule has 1 aliphatic heterocycles. The minimum Gasteiger partial charge on any atom is -0.497 e. The van der Waals surface area contributed by atoms with Crippen molar-refractivity contribution in [1.29, 1.82) is 0 Å². The molecular formula is C16H24ClFN2O2. The van der Waals surface area contributed by atoms with Crippen LogP contribution in [0, 0.1) is 11.7 Å². The lowest BCUT2D eigenvalue weighted by molar-refractivity contribution is 0.0682. The number of amides is 1. The number of hydrogen-bond donors (Lipinski definition) is 1. The highest BCUT2D eigenvalue weighted by Crippen LogP contribution is 2.23. The zero-order valence-corrected chi connectivity index (χ0v) is 13.9. The molecule has 0 spiro atoms. The summed E-state index contributed by atoms with van der Waals surface area (Å²) in [6.07, 6.45) is 3.12. The summed E-state index contributed by atoms with van der Waals surface area (Å²) in [6, 6.07) is 4.38. The maximum Gasteiger partial charge on any atom is 0.256 e. The summed E-state index contributed by atoms with van der Waals surface area (Å²) in [5.74, 6) is 0.343. The fraction of sp³-hybridized carbons (Fsp3) is 0.562. The quantitative estimate of drug-likeness (QED) is 0.902. The second-order valence-corrected chi connectivity index (χ2v) is 5.47. The van der Waals surface area contributed by atoms with E-state index in [0.29, 0.717) is 24.8 Å². The van der Waals surface area contributed by atoms with Gasteiger partial charge >= 0.3 is 0 Å². The Kier molecular flexibility index (Phi) is 7.62. The van der Waals surface area contributed by atoms with Crippen molar-refractivity contribution >= 4 is 18.3 Å². The highest BCUT2D eigenvalue weighted by Gasteiger charge is 2.25. The normalized spacial score (nSPS) is 15.3. The Morgan fingerprint density at radius 1 is 1.41 bits per heavy atom. The van der Waals surface area contributed by atoms with Crippen molar-refractivity contribution in [2.75, 3.05) is 33.8 Å². The van der Waals surface area contributed by atoms with Crippen LogP contribution in [0.15, 0.2) is 18.2 Å². The number of carbonyl (C=O) groups excluding carboxylic acids is 1. The van der Waals surface area contributed by atoms with Crippen LogP contribution in [0.1, 0.15) is 29.6 Å². The summed E-state index contributed by atoms with van der Waals surface area (Å²) in [4.78, 5) is 14.1. The Morgan fingerprint density at radius 3 is 2.64 bits per heavy atom. The van der Waals surface area contributed by atoms with E-state index in [4.69, 9.17) is 4.74 Å². The van der Waals surface area contributed by atoms with Gasteiger partial charge in [-0.05, 0) is 50.9 Å². The van der Waals surface area contributed by atoms with Crippen LogP contribution < -0.4 is 10.1 Å². The van der Waals surface area contributed by atoms with Gasteiger partial charge in [-0.25, -0.2) is 4.39 Å². The van der Waals surface area contributed by atoms with Crippen LogP contribution >= 0.6 is 12.4 Å². The number of halogens is 2. The number of ether oxygens (including phenoxy) is 1. The Balaban J connectivity index is 0.00000242.